The number of carbonyl (C=O) groups is 1. The molecule has 3 heteroatoms. The zero-order chi connectivity index (χ0) is 10.4. The molecular formula is C12H13NOS. The van der Waals surface area contributed by atoms with E-state index in [2.05, 4.69) is 24.8 Å². The molecule has 0 radical (unpaired) electrons. The van der Waals surface area contributed by atoms with Gasteiger partial charge in [0, 0.05) is 18.7 Å². The van der Waals surface area contributed by atoms with E-state index in [1.165, 1.54) is 22.4 Å². The molecule has 0 saturated heterocycles. The lowest BCUT2D eigenvalue weighted by atomic mass is 9.97. The third kappa shape index (κ3) is 1.29. The number of rotatable bonds is 1. The van der Waals surface area contributed by atoms with Gasteiger partial charge in [0.25, 0.3) is 0 Å². The van der Waals surface area contributed by atoms with Crippen molar-refractivity contribution in [2.75, 3.05) is 11.4 Å². The Morgan fingerprint density at radius 2 is 1.93 bits per heavy atom. The predicted octanol–water partition coefficient (Wildman–Crippen LogP) is 1.95. The van der Waals surface area contributed by atoms with Crippen LogP contribution in [0, 0.1) is 0 Å². The van der Waals surface area contributed by atoms with E-state index in [0.29, 0.717) is 12.3 Å². The van der Waals surface area contributed by atoms with E-state index in [4.69, 9.17) is 0 Å². The molecule has 0 saturated carbocycles. The van der Waals surface area contributed by atoms with Gasteiger partial charge in [-0.2, -0.15) is 12.6 Å². The van der Waals surface area contributed by atoms with Gasteiger partial charge in [0.15, 0.2) is 0 Å². The summed E-state index contributed by atoms with van der Waals surface area (Å²) in [5.41, 5.74) is 5.17. The summed E-state index contributed by atoms with van der Waals surface area (Å²) in [6.45, 7) is 0.872. The van der Waals surface area contributed by atoms with Crippen molar-refractivity contribution in [3.63, 3.8) is 0 Å². The Bertz CT molecular complexity index is 441. The van der Waals surface area contributed by atoms with Gasteiger partial charge in [-0.15, -0.1) is 0 Å². The Morgan fingerprint density at radius 1 is 1.20 bits per heavy atom. The van der Waals surface area contributed by atoms with Crippen LogP contribution in [0.4, 0.5) is 5.69 Å². The van der Waals surface area contributed by atoms with Crippen molar-refractivity contribution in [2.24, 2.45) is 0 Å². The van der Waals surface area contributed by atoms with E-state index in [1.54, 1.807) is 0 Å². The zero-order valence-electron chi connectivity index (χ0n) is 8.49. The SMILES string of the molecule is O=C1CCc2cc(CS)cc3c2N1CC3. The molecule has 0 unspecified atom stereocenters. The Balaban J connectivity index is 2.18. The van der Waals surface area contributed by atoms with Crippen molar-refractivity contribution in [2.45, 2.75) is 25.0 Å². The van der Waals surface area contributed by atoms with Crippen LogP contribution in [0.25, 0.3) is 0 Å². The minimum absolute atomic E-state index is 0.292. The third-order valence-corrected chi connectivity index (χ3v) is 3.66. The highest BCUT2D eigenvalue weighted by molar-refractivity contribution is 7.79. The Hall–Kier alpha value is -0.960. The number of thiol groups is 1. The Labute approximate surface area is 94.7 Å². The number of hydrogen-bond donors (Lipinski definition) is 1. The summed E-state index contributed by atoms with van der Waals surface area (Å²) in [6.07, 6.45) is 2.58. The average molecular weight is 219 g/mol. The number of benzene rings is 1. The molecule has 0 atom stereocenters. The quantitative estimate of drug-likeness (QED) is 0.716. The highest BCUT2D eigenvalue weighted by Crippen LogP contribution is 2.37. The van der Waals surface area contributed by atoms with Gasteiger partial charge >= 0.3 is 0 Å². The average Bonchev–Trinajstić information content (AvgIpc) is 2.68. The van der Waals surface area contributed by atoms with Gasteiger partial charge in [-0.05, 0) is 29.5 Å². The number of anilines is 1. The van der Waals surface area contributed by atoms with Gasteiger partial charge in [-0.25, -0.2) is 0 Å². The van der Waals surface area contributed by atoms with Gasteiger partial charge in [-0.3, -0.25) is 4.79 Å². The van der Waals surface area contributed by atoms with E-state index < -0.39 is 0 Å². The Kier molecular flexibility index (Phi) is 2.02. The third-order valence-electron chi connectivity index (χ3n) is 3.29. The fourth-order valence-electron chi connectivity index (χ4n) is 2.62. The summed E-state index contributed by atoms with van der Waals surface area (Å²) in [7, 11) is 0. The summed E-state index contributed by atoms with van der Waals surface area (Å²) in [6, 6.07) is 4.40. The topological polar surface area (TPSA) is 20.3 Å². The molecule has 1 aromatic carbocycles. The Morgan fingerprint density at radius 3 is 2.67 bits per heavy atom. The van der Waals surface area contributed by atoms with Crippen LogP contribution in [0.15, 0.2) is 12.1 Å². The lowest BCUT2D eigenvalue weighted by Gasteiger charge is -2.25. The number of hydrogen-bond acceptors (Lipinski definition) is 2. The van der Waals surface area contributed by atoms with Crippen LogP contribution < -0.4 is 4.90 Å². The zero-order valence-corrected chi connectivity index (χ0v) is 9.39. The first-order valence-electron chi connectivity index (χ1n) is 5.35. The number of amides is 1. The predicted molar refractivity (Wildman–Crippen MR) is 63.5 cm³/mol. The van der Waals surface area contributed by atoms with Crippen molar-refractivity contribution < 1.29 is 4.79 Å². The molecule has 2 heterocycles. The summed E-state index contributed by atoms with van der Waals surface area (Å²) >= 11 is 4.31. The second-order valence-corrected chi connectivity index (χ2v) is 4.53. The number of nitrogens with zero attached hydrogens (tertiary/aromatic N) is 1. The van der Waals surface area contributed by atoms with Crippen LogP contribution in [0.2, 0.25) is 0 Å². The standard InChI is InChI=1S/C12H13NOS/c14-11-2-1-9-5-8(7-15)6-10-3-4-13(11)12(9)10/h5-6,15H,1-4,7H2. The van der Waals surface area contributed by atoms with Crippen molar-refractivity contribution in [3.8, 4) is 0 Å². The molecule has 0 fully saturated rings. The molecule has 2 nitrogen and oxygen atoms in total. The molecule has 78 valence electrons. The molecule has 0 N–H and O–H groups in total. The number of aryl methyl sites for hydroxylation is 1. The first-order chi connectivity index (χ1) is 7.29. The van der Waals surface area contributed by atoms with E-state index in [9.17, 15) is 4.79 Å². The molecule has 1 aromatic rings. The van der Waals surface area contributed by atoms with Crippen LogP contribution in [-0.4, -0.2) is 12.5 Å². The van der Waals surface area contributed by atoms with Crippen LogP contribution in [0.5, 0.6) is 0 Å². The second kappa shape index (κ2) is 3.27. The summed E-state index contributed by atoms with van der Waals surface area (Å²) in [5, 5.41) is 0. The second-order valence-electron chi connectivity index (χ2n) is 4.22. The molecule has 2 aliphatic rings. The normalized spacial score (nSPS) is 18.2. The summed E-state index contributed by atoms with van der Waals surface area (Å²) < 4.78 is 0. The van der Waals surface area contributed by atoms with Crippen LogP contribution in [0.1, 0.15) is 23.1 Å². The minimum atomic E-state index is 0.292. The van der Waals surface area contributed by atoms with E-state index in [-0.39, 0.29) is 0 Å². The summed E-state index contributed by atoms with van der Waals surface area (Å²) in [4.78, 5) is 13.6. The van der Waals surface area contributed by atoms with Crippen LogP contribution >= 0.6 is 12.6 Å². The molecule has 1 amide bonds. The maximum absolute atomic E-state index is 11.7. The van der Waals surface area contributed by atoms with Crippen molar-refractivity contribution >= 4 is 24.2 Å². The lowest BCUT2D eigenvalue weighted by Crippen LogP contribution is -2.32. The smallest absolute Gasteiger partial charge is 0.227 e. The van der Waals surface area contributed by atoms with Gasteiger partial charge in [0.1, 0.15) is 0 Å². The minimum Gasteiger partial charge on any atom is -0.312 e. The summed E-state index contributed by atoms with van der Waals surface area (Å²) in [5.74, 6) is 1.08. The van der Waals surface area contributed by atoms with Gasteiger partial charge in [-0.1, -0.05) is 12.1 Å². The van der Waals surface area contributed by atoms with Gasteiger partial charge < -0.3 is 4.90 Å². The first kappa shape index (κ1) is 9.28. The molecule has 0 spiro atoms. The van der Waals surface area contributed by atoms with E-state index in [0.717, 1.165) is 25.1 Å². The van der Waals surface area contributed by atoms with Crippen molar-refractivity contribution in [3.05, 3.63) is 28.8 Å². The molecular weight excluding hydrogens is 206 g/mol. The highest BCUT2D eigenvalue weighted by atomic mass is 32.1. The largest absolute Gasteiger partial charge is 0.312 e. The van der Waals surface area contributed by atoms with Crippen LogP contribution in [0.3, 0.4) is 0 Å². The maximum Gasteiger partial charge on any atom is 0.227 e. The van der Waals surface area contributed by atoms with Crippen molar-refractivity contribution in [1.29, 1.82) is 0 Å². The fourth-order valence-corrected chi connectivity index (χ4v) is 2.80. The van der Waals surface area contributed by atoms with Gasteiger partial charge in [0.2, 0.25) is 5.91 Å². The molecule has 15 heavy (non-hydrogen) atoms. The van der Waals surface area contributed by atoms with E-state index >= 15 is 0 Å². The molecule has 2 aliphatic heterocycles. The molecule has 0 bridgehead atoms. The number of carbonyl (C=O) groups excluding carboxylic acids is 1. The van der Waals surface area contributed by atoms with Crippen molar-refractivity contribution in [1.82, 2.24) is 0 Å². The maximum atomic E-state index is 11.7. The molecule has 0 aliphatic carbocycles. The van der Waals surface area contributed by atoms with Gasteiger partial charge in [0.05, 0.1) is 5.69 Å². The van der Waals surface area contributed by atoms with Crippen LogP contribution in [-0.2, 0) is 23.4 Å². The molecule has 3 rings (SSSR count). The van der Waals surface area contributed by atoms with E-state index in [1.807, 2.05) is 4.90 Å². The molecule has 0 aromatic heterocycles. The first-order valence-corrected chi connectivity index (χ1v) is 5.99. The highest BCUT2D eigenvalue weighted by Gasteiger charge is 2.30. The fraction of sp³-hybridized carbons (Fsp3) is 0.417. The lowest BCUT2D eigenvalue weighted by molar-refractivity contribution is -0.118. The monoisotopic (exact) mass is 219 g/mol.